The summed E-state index contributed by atoms with van der Waals surface area (Å²) in [5.41, 5.74) is 5.53. The van der Waals surface area contributed by atoms with Gasteiger partial charge in [0.05, 0.1) is 17.8 Å². The summed E-state index contributed by atoms with van der Waals surface area (Å²) in [6, 6.07) is 18.4. The predicted molar refractivity (Wildman–Crippen MR) is 129 cm³/mol. The summed E-state index contributed by atoms with van der Waals surface area (Å²) in [7, 11) is 0. The minimum Gasteiger partial charge on any atom is -0.322 e. The Bertz CT molecular complexity index is 1030. The van der Waals surface area contributed by atoms with Crippen molar-refractivity contribution in [1.82, 2.24) is 19.6 Å². The van der Waals surface area contributed by atoms with Gasteiger partial charge in [-0.25, -0.2) is 0 Å². The lowest BCUT2D eigenvalue weighted by Gasteiger charge is -2.34. The Morgan fingerprint density at radius 1 is 0.875 bits per heavy atom. The minimum absolute atomic E-state index is 0.109. The van der Waals surface area contributed by atoms with Gasteiger partial charge in [0.1, 0.15) is 0 Å². The van der Waals surface area contributed by atoms with Crippen molar-refractivity contribution in [3.8, 4) is 0 Å². The van der Waals surface area contributed by atoms with E-state index >= 15 is 0 Å². The molecule has 1 amide bonds. The van der Waals surface area contributed by atoms with Gasteiger partial charge in [0, 0.05) is 44.1 Å². The summed E-state index contributed by atoms with van der Waals surface area (Å²) in [5.74, 6) is -0.109. The molecule has 168 valence electrons. The van der Waals surface area contributed by atoms with E-state index in [-0.39, 0.29) is 5.91 Å². The lowest BCUT2D eigenvalue weighted by molar-refractivity contribution is 0.102. The molecule has 1 fully saturated rings. The Balaban J connectivity index is 1.38. The lowest BCUT2D eigenvalue weighted by atomic mass is 10.1. The molecule has 1 N–H and O–H groups in total. The summed E-state index contributed by atoms with van der Waals surface area (Å²) in [5, 5.41) is 7.65. The standard InChI is InChI=1S/C26H33N5O/c1-4-29-14-16-30(17-15-29)18-23-10-12-24(13-11-23)27-26(32)25-20(2)28-31(21(25)3)19-22-8-6-5-7-9-22/h5-13H,4,14-19H2,1-3H3,(H,27,32). The van der Waals surface area contributed by atoms with E-state index in [0.29, 0.717) is 12.1 Å². The first-order chi connectivity index (χ1) is 15.5. The highest BCUT2D eigenvalue weighted by Gasteiger charge is 2.19. The van der Waals surface area contributed by atoms with Crippen LogP contribution in [-0.2, 0) is 13.1 Å². The number of piperazine rings is 1. The van der Waals surface area contributed by atoms with Crippen LogP contribution in [-0.4, -0.2) is 58.2 Å². The van der Waals surface area contributed by atoms with Crippen LogP contribution < -0.4 is 5.32 Å². The van der Waals surface area contributed by atoms with E-state index in [1.54, 1.807) is 0 Å². The van der Waals surface area contributed by atoms with Gasteiger partial charge < -0.3 is 10.2 Å². The zero-order chi connectivity index (χ0) is 22.5. The van der Waals surface area contributed by atoms with E-state index < -0.39 is 0 Å². The summed E-state index contributed by atoms with van der Waals surface area (Å²) in [4.78, 5) is 18.0. The highest BCUT2D eigenvalue weighted by molar-refractivity contribution is 6.05. The molecule has 1 aromatic heterocycles. The molecule has 0 saturated carbocycles. The summed E-state index contributed by atoms with van der Waals surface area (Å²) >= 11 is 0. The van der Waals surface area contributed by atoms with Crippen LogP contribution in [0.1, 0.15) is 39.8 Å². The van der Waals surface area contributed by atoms with Crippen molar-refractivity contribution in [3.63, 3.8) is 0 Å². The summed E-state index contributed by atoms with van der Waals surface area (Å²) in [6.07, 6.45) is 0. The average molecular weight is 432 g/mol. The quantitative estimate of drug-likeness (QED) is 0.616. The van der Waals surface area contributed by atoms with Crippen LogP contribution in [0.5, 0.6) is 0 Å². The van der Waals surface area contributed by atoms with Gasteiger partial charge in [-0.05, 0) is 43.7 Å². The van der Waals surface area contributed by atoms with Crippen LogP contribution in [0.2, 0.25) is 0 Å². The number of aryl methyl sites for hydroxylation is 1. The topological polar surface area (TPSA) is 53.4 Å². The van der Waals surface area contributed by atoms with Gasteiger partial charge in [-0.3, -0.25) is 14.4 Å². The molecule has 0 aliphatic carbocycles. The lowest BCUT2D eigenvalue weighted by Crippen LogP contribution is -2.45. The number of hydrogen-bond donors (Lipinski definition) is 1. The SMILES string of the molecule is CCN1CCN(Cc2ccc(NC(=O)c3c(C)nn(Cc4ccccc4)c3C)cc2)CC1. The minimum atomic E-state index is -0.109. The number of benzene rings is 2. The van der Waals surface area contributed by atoms with Crippen LogP contribution in [0, 0.1) is 13.8 Å². The Labute approximate surface area is 190 Å². The average Bonchev–Trinajstić information content (AvgIpc) is 3.09. The van der Waals surface area contributed by atoms with Crippen LogP contribution in [0.15, 0.2) is 54.6 Å². The third-order valence-electron chi connectivity index (χ3n) is 6.31. The molecule has 0 atom stereocenters. The van der Waals surface area contributed by atoms with Crippen molar-refractivity contribution in [1.29, 1.82) is 0 Å². The van der Waals surface area contributed by atoms with Gasteiger partial charge in [0.2, 0.25) is 0 Å². The van der Waals surface area contributed by atoms with Crippen molar-refractivity contribution >= 4 is 11.6 Å². The Kier molecular flexibility index (Phi) is 7.02. The molecule has 1 aliphatic rings. The van der Waals surface area contributed by atoms with Crippen molar-refractivity contribution in [2.45, 2.75) is 33.9 Å². The molecule has 0 bridgehead atoms. The van der Waals surface area contributed by atoms with Crippen molar-refractivity contribution in [2.24, 2.45) is 0 Å². The third kappa shape index (κ3) is 5.26. The normalized spacial score (nSPS) is 15.1. The number of anilines is 1. The molecule has 0 radical (unpaired) electrons. The number of carbonyl (C=O) groups is 1. The zero-order valence-corrected chi connectivity index (χ0v) is 19.3. The van der Waals surface area contributed by atoms with E-state index in [2.05, 4.69) is 51.4 Å². The number of nitrogens with zero attached hydrogens (tertiary/aromatic N) is 4. The maximum atomic E-state index is 13.0. The molecule has 0 spiro atoms. The first-order valence-electron chi connectivity index (χ1n) is 11.5. The Morgan fingerprint density at radius 3 is 2.16 bits per heavy atom. The number of rotatable bonds is 7. The monoisotopic (exact) mass is 431 g/mol. The second kappa shape index (κ2) is 10.1. The molecule has 6 nitrogen and oxygen atoms in total. The predicted octanol–water partition coefficient (Wildman–Crippen LogP) is 3.94. The molecular weight excluding hydrogens is 398 g/mol. The van der Waals surface area contributed by atoms with Gasteiger partial charge in [-0.2, -0.15) is 5.10 Å². The van der Waals surface area contributed by atoms with E-state index in [1.807, 2.05) is 48.9 Å². The Hall–Kier alpha value is -2.96. The highest BCUT2D eigenvalue weighted by atomic mass is 16.1. The molecule has 2 heterocycles. The van der Waals surface area contributed by atoms with Crippen molar-refractivity contribution in [3.05, 3.63) is 82.7 Å². The van der Waals surface area contributed by atoms with Crippen molar-refractivity contribution < 1.29 is 4.79 Å². The number of aromatic nitrogens is 2. The molecule has 1 aliphatic heterocycles. The molecule has 3 aromatic rings. The fraction of sp³-hybridized carbons (Fsp3) is 0.385. The van der Waals surface area contributed by atoms with Crippen LogP contribution >= 0.6 is 0 Å². The molecule has 2 aromatic carbocycles. The third-order valence-corrected chi connectivity index (χ3v) is 6.31. The number of carbonyl (C=O) groups excluding carboxylic acids is 1. The molecule has 1 saturated heterocycles. The largest absolute Gasteiger partial charge is 0.322 e. The van der Waals surface area contributed by atoms with E-state index in [0.717, 1.165) is 61.9 Å². The zero-order valence-electron chi connectivity index (χ0n) is 19.3. The first kappa shape index (κ1) is 22.2. The first-order valence-corrected chi connectivity index (χ1v) is 11.5. The number of likely N-dealkylation sites (N-methyl/N-ethyl adjacent to an activating group) is 1. The maximum Gasteiger partial charge on any atom is 0.259 e. The van der Waals surface area contributed by atoms with Gasteiger partial charge in [0.25, 0.3) is 5.91 Å². The second-order valence-corrected chi connectivity index (χ2v) is 8.55. The fourth-order valence-corrected chi connectivity index (χ4v) is 4.34. The summed E-state index contributed by atoms with van der Waals surface area (Å²) < 4.78 is 1.90. The molecule has 6 heteroatoms. The number of nitrogens with one attached hydrogen (secondary N) is 1. The molecule has 32 heavy (non-hydrogen) atoms. The van der Waals surface area contributed by atoms with Crippen LogP contribution in [0.25, 0.3) is 0 Å². The fourth-order valence-electron chi connectivity index (χ4n) is 4.34. The smallest absolute Gasteiger partial charge is 0.259 e. The van der Waals surface area contributed by atoms with Gasteiger partial charge in [-0.15, -0.1) is 0 Å². The van der Waals surface area contributed by atoms with Crippen molar-refractivity contribution in [2.75, 3.05) is 38.0 Å². The Morgan fingerprint density at radius 2 is 1.50 bits per heavy atom. The number of amides is 1. The molecule has 0 unspecified atom stereocenters. The van der Waals surface area contributed by atoms with Crippen LogP contribution in [0.4, 0.5) is 5.69 Å². The van der Waals surface area contributed by atoms with Gasteiger partial charge >= 0.3 is 0 Å². The van der Waals surface area contributed by atoms with E-state index in [4.69, 9.17) is 0 Å². The van der Waals surface area contributed by atoms with E-state index in [1.165, 1.54) is 5.56 Å². The van der Waals surface area contributed by atoms with E-state index in [9.17, 15) is 4.79 Å². The maximum absolute atomic E-state index is 13.0. The molecular formula is C26H33N5O. The molecule has 4 rings (SSSR count). The summed E-state index contributed by atoms with van der Waals surface area (Å²) in [6.45, 7) is 13.3. The highest BCUT2D eigenvalue weighted by Crippen LogP contribution is 2.18. The van der Waals surface area contributed by atoms with Crippen LogP contribution in [0.3, 0.4) is 0 Å². The van der Waals surface area contributed by atoms with Gasteiger partial charge in [-0.1, -0.05) is 49.4 Å². The van der Waals surface area contributed by atoms with Gasteiger partial charge in [0.15, 0.2) is 0 Å². The second-order valence-electron chi connectivity index (χ2n) is 8.55. The number of hydrogen-bond acceptors (Lipinski definition) is 4.